The van der Waals surface area contributed by atoms with Crippen molar-refractivity contribution in [1.82, 2.24) is 0 Å². The lowest BCUT2D eigenvalue weighted by Gasteiger charge is -2.30. The number of hydrogen-bond donors (Lipinski definition) is 1. The number of alkyl halides is 13. The molecule has 1 N–H and O–H groups in total. The van der Waals surface area contributed by atoms with Crippen molar-refractivity contribution < 1.29 is 89.1 Å². The lowest BCUT2D eigenvalue weighted by atomic mass is 10.1. The molecule has 1 unspecified atom stereocenters. The van der Waals surface area contributed by atoms with E-state index in [0.717, 1.165) is 0 Å². The number of carbonyl (C=O) groups is 2. The summed E-state index contributed by atoms with van der Waals surface area (Å²) in [5.74, 6) is -35.6. The lowest BCUT2D eigenvalue weighted by molar-refractivity contribution is -0.359. The molecule has 0 aromatic heterocycles. The van der Waals surface area contributed by atoms with Gasteiger partial charge in [-0.25, -0.2) is 0 Å². The molecule has 0 bridgehead atoms. The van der Waals surface area contributed by atoms with Crippen LogP contribution in [0.15, 0.2) is 0 Å². The van der Waals surface area contributed by atoms with E-state index in [-0.39, 0.29) is 0 Å². The largest absolute Gasteiger partial charge is 0.460 e. The molecule has 21 heteroatoms. The Kier molecular flexibility index (Phi) is 8.95. The average Bonchev–Trinajstić information content (AvgIpc) is 2.59. The third kappa shape index (κ3) is 6.98. The third-order valence-corrected chi connectivity index (χ3v) is 4.69. The van der Waals surface area contributed by atoms with E-state index in [0.29, 0.717) is 0 Å². The second-order valence-corrected chi connectivity index (χ2v) is 8.02. The molecule has 202 valence electrons. The minimum absolute atomic E-state index is 0.648. The summed E-state index contributed by atoms with van der Waals surface area (Å²) in [5, 5.41) is -3.47. The van der Waals surface area contributed by atoms with Gasteiger partial charge in [0.05, 0.1) is 6.42 Å². The average molecular weight is 558 g/mol. The van der Waals surface area contributed by atoms with Crippen LogP contribution in [0, 0.1) is 0 Å². The second kappa shape index (κ2) is 9.53. The highest BCUT2D eigenvalue weighted by molar-refractivity contribution is 7.87. The predicted molar refractivity (Wildman–Crippen MR) is 78.3 cm³/mol. The number of hydrogen-bond acceptors (Lipinski definition) is 6. The molecule has 0 heterocycles. The second-order valence-electron chi connectivity index (χ2n) is 6.42. The first kappa shape index (κ1) is 31.9. The maximum atomic E-state index is 13.2. The SMILES string of the molecule is CC(F)(F)C(F)(F)C(F)(F)COC(=O)CC(C(=O)OCC(F)(F)C(F)(F)C(F)(F)F)S(=O)(=O)O. The Balaban J connectivity index is 5.45. The molecular weight excluding hydrogens is 547 g/mol. The Hall–Kier alpha value is -2.06. The minimum Gasteiger partial charge on any atom is -0.459 e. The zero-order chi connectivity index (χ0) is 27.8. The van der Waals surface area contributed by atoms with Crippen LogP contribution in [0.1, 0.15) is 13.3 Å². The summed E-state index contributed by atoms with van der Waals surface area (Å²) in [6, 6.07) is 0. The van der Waals surface area contributed by atoms with Gasteiger partial charge in [-0.15, -0.1) is 0 Å². The van der Waals surface area contributed by atoms with E-state index in [1.807, 2.05) is 0 Å². The molecule has 0 aliphatic carbocycles. The zero-order valence-corrected chi connectivity index (χ0v) is 16.7. The van der Waals surface area contributed by atoms with Crippen molar-refractivity contribution in [2.45, 2.75) is 54.4 Å². The van der Waals surface area contributed by atoms with E-state index in [1.165, 1.54) is 0 Å². The third-order valence-electron chi connectivity index (χ3n) is 3.61. The van der Waals surface area contributed by atoms with Crippen molar-refractivity contribution in [3.8, 4) is 0 Å². The van der Waals surface area contributed by atoms with Crippen LogP contribution < -0.4 is 0 Å². The summed E-state index contributed by atoms with van der Waals surface area (Å²) >= 11 is 0. The number of ether oxygens (including phenoxy) is 2. The highest BCUT2D eigenvalue weighted by Crippen LogP contribution is 2.47. The fourth-order valence-corrected chi connectivity index (χ4v) is 2.31. The number of esters is 2. The van der Waals surface area contributed by atoms with Crippen molar-refractivity contribution in [3.63, 3.8) is 0 Å². The Morgan fingerprint density at radius 1 is 0.765 bits per heavy atom. The highest BCUT2D eigenvalue weighted by atomic mass is 32.2. The van der Waals surface area contributed by atoms with Crippen LogP contribution in [0.5, 0.6) is 0 Å². The van der Waals surface area contributed by atoms with Crippen molar-refractivity contribution in [2.75, 3.05) is 13.2 Å². The molecule has 0 aromatic carbocycles. The zero-order valence-electron chi connectivity index (χ0n) is 15.9. The monoisotopic (exact) mass is 558 g/mol. The smallest absolute Gasteiger partial charge is 0.459 e. The van der Waals surface area contributed by atoms with Gasteiger partial charge in [0.1, 0.15) is 0 Å². The van der Waals surface area contributed by atoms with Gasteiger partial charge in [-0.3, -0.25) is 14.1 Å². The molecule has 0 fully saturated rings. The maximum Gasteiger partial charge on any atom is 0.460 e. The normalized spacial score (nSPS) is 15.6. The summed E-state index contributed by atoms with van der Waals surface area (Å²) in [5.41, 5.74) is 0. The van der Waals surface area contributed by atoms with Crippen molar-refractivity contribution in [2.24, 2.45) is 0 Å². The van der Waals surface area contributed by atoms with Gasteiger partial charge in [-0.1, -0.05) is 0 Å². The van der Waals surface area contributed by atoms with Crippen LogP contribution >= 0.6 is 0 Å². The van der Waals surface area contributed by atoms with Gasteiger partial charge in [0.25, 0.3) is 10.1 Å². The van der Waals surface area contributed by atoms with E-state index in [4.69, 9.17) is 4.55 Å². The summed E-state index contributed by atoms with van der Waals surface area (Å²) in [6.07, 6.45) is -9.12. The number of halogens is 13. The van der Waals surface area contributed by atoms with Gasteiger partial charge in [0.15, 0.2) is 18.5 Å². The standard InChI is InChI=1S/C13H11F13O7S/c1-8(14,15)11(20,21)9(16,17)3-32-6(27)2-5(34(29,30)31)7(28)33-4-10(18,19)12(22,23)13(24,25)26/h5H,2-4H2,1H3,(H,29,30,31). The maximum absolute atomic E-state index is 13.2. The van der Waals surface area contributed by atoms with Gasteiger partial charge in [-0.05, 0) is 0 Å². The van der Waals surface area contributed by atoms with Gasteiger partial charge in [-0.2, -0.15) is 65.5 Å². The lowest BCUT2D eigenvalue weighted by Crippen LogP contribution is -2.55. The Morgan fingerprint density at radius 2 is 1.15 bits per heavy atom. The first-order valence-electron chi connectivity index (χ1n) is 7.86. The Labute approximate surface area is 179 Å². The first-order valence-corrected chi connectivity index (χ1v) is 9.36. The molecule has 0 aromatic rings. The van der Waals surface area contributed by atoms with Gasteiger partial charge < -0.3 is 9.47 Å². The molecule has 0 rings (SSSR count). The molecule has 0 amide bonds. The van der Waals surface area contributed by atoms with E-state index in [1.54, 1.807) is 0 Å². The topological polar surface area (TPSA) is 107 Å². The molecule has 0 saturated carbocycles. The fourth-order valence-electron chi connectivity index (χ4n) is 1.66. The van der Waals surface area contributed by atoms with Crippen LogP contribution in [0.25, 0.3) is 0 Å². The van der Waals surface area contributed by atoms with Crippen LogP contribution in [0.2, 0.25) is 0 Å². The molecule has 0 spiro atoms. The van der Waals surface area contributed by atoms with Crippen molar-refractivity contribution in [3.05, 3.63) is 0 Å². The van der Waals surface area contributed by atoms with E-state index in [9.17, 15) is 75.1 Å². The van der Waals surface area contributed by atoms with E-state index in [2.05, 4.69) is 9.47 Å². The first-order chi connectivity index (χ1) is 14.6. The fraction of sp³-hybridized carbons (Fsp3) is 0.846. The van der Waals surface area contributed by atoms with Crippen LogP contribution in [0.4, 0.5) is 57.1 Å². The molecule has 7 nitrogen and oxygen atoms in total. The van der Waals surface area contributed by atoms with Crippen LogP contribution in [0.3, 0.4) is 0 Å². The molecule has 34 heavy (non-hydrogen) atoms. The van der Waals surface area contributed by atoms with Gasteiger partial charge in [0, 0.05) is 6.92 Å². The van der Waals surface area contributed by atoms with Gasteiger partial charge >= 0.3 is 47.7 Å². The van der Waals surface area contributed by atoms with E-state index < -0.39 is 89.7 Å². The van der Waals surface area contributed by atoms with Crippen molar-refractivity contribution >= 4 is 22.1 Å². The quantitative estimate of drug-likeness (QED) is 0.235. The Morgan fingerprint density at radius 3 is 1.50 bits per heavy atom. The number of rotatable bonds is 11. The molecule has 0 aliphatic rings. The Bertz CT molecular complexity index is 861. The molecular formula is C13H11F13O7S. The van der Waals surface area contributed by atoms with E-state index >= 15 is 0 Å². The molecule has 0 radical (unpaired) electrons. The number of carbonyl (C=O) groups excluding carboxylic acids is 2. The van der Waals surface area contributed by atoms with Crippen LogP contribution in [-0.4, -0.2) is 79.2 Å². The van der Waals surface area contributed by atoms with Gasteiger partial charge in [0.2, 0.25) is 0 Å². The molecule has 0 saturated heterocycles. The van der Waals surface area contributed by atoms with Crippen molar-refractivity contribution in [1.29, 1.82) is 0 Å². The summed E-state index contributed by atoms with van der Waals surface area (Å²) in [4.78, 5) is 22.8. The predicted octanol–water partition coefficient (Wildman–Crippen LogP) is 3.48. The summed E-state index contributed by atoms with van der Waals surface area (Å²) in [7, 11) is -5.98. The summed E-state index contributed by atoms with van der Waals surface area (Å²) in [6.45, 7) is -6.69. The molecule has 0 aliphatic heterocycles. The summed E-state index contributed by atoms with van der Waals surface area (Å²) < 4.78 is 203. The van der Waals surface area contributed by atoms with Crippen LogP contribution in [-0.2, 0) is 29.2 Å². The highest BCUT2D eigenvalue weighted by Gasteiger charge is 2.73. The molecule has 1 atom stereocenters. The minimum atomic E-state index is -6.89.